The zero-order valence-electron chi connectivity index (χ0n) is 9.42. The summed E-state index contributed by atoms with van der Waals surface area (Å²) in [5, 5.41) is 12.5. The van der Waals surface area contributed by atoms with Crippen LogP contribution < -0.4 is 5.32 Å². The molecule has 3 unspecified atom stereocenters. The highest BCUT2D eigenvalue weighted by molar-refractivity contribution is 4.97. The van der Waals surface area contributed by atoms with Crippen LogP contribution in [0.1, 0.15) is 52.4 Å². The lowest BCUT2D eigenvalue weighted by Crippen LogP contribution is -2.38. The monoisotopic (exact) mass is 194 g/mol. The zero-order chi connectivity index (χ0) is 10.4. The van der Waals surface area contributed by atoms with E-state index in [9.17, 15) is 0 Å². The first kappa shape index (κ1) is 11.5. The van der Waals surface area contributed by atoms with Gasteiger partial charge in [-0.1, -0.05) is 26.2 Å². The topological polar surface area (TPSA) is 35.8 Å². The van der Waals surface area contributed by atoms with Crippen LogP contribution in [-0.2, 0) is 0 Å². The number of hydrogen-bond acceptors (Lipinski definition) is 2. The molecular formula is C12H22N2. The van der Waals surface area contributed by atoms with E-state index in [1.165, 1.54) is 32.1 Å². The van der Waals surface area contributed by atoms with Crippen molar-refractivity contribution < 1.29 is 0 Å². The smallest absolute Gasteiger partial charge is 0.0672 e. The van der Waals surface area contributed by atoms with Gasteiger partial charge >= 0.3 is 0 Å². The summed E-state index contributed by atoms with van der Waals surface area (Å²) >= 11 is 0. The van der Waals surface area contributed by atoms with Gasteiger partial charge in [0.1, 0.15) is 0 Å². The Kier molecular flexibility index (Phi) is 4.97. The molecule has 0 aromatic heterocycles. The number of rotatable bonds is 5. The molecule has 1 aliphatic carbocycles. The lowest BCUT2D eigenvalue weighted by molar-refractivity contribution is 0.390. The van der Waals surface area contributed by atoms with Crippen molar-refractivity contribution in [2.45, 2.75) is 64.5 Å². The molecule has 1 rings (SSSR count). The third kappa shape index (κ3) is 3.31. The van der Waals surface area contributed by atoms with E-state index < -0.39 is 0 Å². The highest BCUT2D eigenvalue weighted by atomic mass is 15.0. The maximum Gasteiger partial charge on any atom is 0.0672 e. The number of nitrogens with one attached hydrogen (secondary N) is 1. The quantitative estimate of drug-likeness (QED) is 0.730. The maximum atomic E-state index is 8.94. The lowest BCUT2D eigenvalue weighted by atomic mass is 10.0. The van der Waals surface area contributed by atoms with Gasteiger partial charge in [0.05, 0.1) is 12.0 Å². The van der Waals surface area contributed by atoms with Gasteiger partial charge in [0, 0.05) is 12.1 Å². The summed E-state index contributed by atoms with van der Waals surface area (Å²) < 4.78 is 0. The average molecular weight is 194 g/mol. The second-order valence-corrected chi connectivity index (χ2v) is 4.48. The second kappa shape index (κ2) is 6.03. The van der Waals surface area contributed by atoms with Crippen molar-refractivity contribution in [3.8, 4) is 6.07 Å². The molecule has 2 heteroatoms. The normalized spacial score (nSPS) is 28.6. The molecule has 0 radical (unpaired) electrons. The van der Waals surface area contributed by atoms with Crippen LogP contribution in [-0.4, -0.2) is 12.1 Å². The molecule has 0 spiro atoms. The van der Waals surface area contributed by atoms with Gasteiger partial charge < -0.3 is 5.32 Å². The molecule has 0 amide bonds. The fraction of sp³-hybridized carbons (Fsp3) is 0.917. The van der Waals surface area contributed by atoms with E-state index in [0.717, 1.165) is 6.42 Å². The lowest BCUT2D eigenvalue weighted by Gasteiger charge is -2.21. The average Bonchev–Trinajstić information content (AvgIpc) is 2.62. The molecule has 0 aromatic carbocycles. The van der Waals surface area contributed by atoms with E-state index in [-0.39, 0.29) is 5.92 Å². The third-order valence-corrected chi connectivity index (χ3v) is 3.17. The van der Waals surface area contributed by atoms with Gasteiger partial charge in [-0.3, -0.25) is 0 Å². The van der Waals surface area contributed by atoms with Gasteiger partial charge in [0.25, 0.3) is 0 Å². The second-order valence-electron chi connectivity index (χ2n) is 4.48. The Hall–Kier alpha value is -0.550. The summed E-state index contributed by atoms with van der Waals surface area (Å²) in [6.07, 6.45) is 7.29. The molecule has 1 saturated carbocycles. The minimum atomic E-state index is 0.263. The van der Waals surface area contributed by atoms with Crippen molar-refractivity contribution >= 4 is 0 Å². The van der Waals surface area contributed by atoms with Gasteiger partial charge in [0.2, 0.25) is 0 Å². The summed E-state index contributed by atoms with van der Waals surface area (Å²) in [7, 11) is 0. The first-order valence-electron chi connectivity index (χ1n) is 5.93. The first-order valence-corrected chi connectivity index (χ1v) is 5.93. The van der Waals surface area contributed by atoms with Crippen LogP contribution in [0.15, 0.2) is 0 Å². The summed E-state index contributed by atoms with van der Waals surface area (Å²) in [5.41, 5.74) is 0. The highest BCUT2D eigenvalue weighted by Crippen LogP contribution is 2.25. The molecule has 0 aromatic rings. The van der Waals surface area contributed by atoms with Crippen LogP contribution in [0.25, 0.3) is 0 Å². The molecule has 2 nitrogen and oxygen atoms in total. The SMILES string of the molecule is CCCCC(C)NC1CCCC1C#N. The molecule has 1 N–H and O–H groups in total. The van der Waals surface area contributed by atoms with Crippen LogP contribution in [0.4, 0.5) is 0 Å². The van der Waals surface area contributed by atoms with Crippen molar-refractivity contribution in [3.05, 3.63) is 0 Å². The molecule has 1 fully saturated rings. The van der Waals surface area contributed by atoms with Gasteiger partial charge in [-0.2, -0.15) is 5.26 Å². The van der Waals surface area contributed by atoms with E-state index in [2.05, 4.69) is 25.2 Å². The Bertz CT molecular complexity index is 195. The van der Waals surface area contributed by atoms with E-state index >= 15 is 0 Å². The predicted octanol–water partition coefficient (Wildman–Crippen LogP) is 2.85. The Morgan fingerprint density at radius 3 is 2.93 bits per heavy atom. The van der Waals surface area contributed by atoms with Crippen molar-refractivity contribution in [2.24, 2.45) is 5.92 Å². The molecule has 3 atom stereocenters. The van der Waals surface area contributed by atoms with Crippen molar-refractivity contribution in [3.63, 3.8) is 0 Å². The largest absolute Gasteiger partial charge is 0.310 e. The molecule has 0 bridgehead atoms. The van der Waals surface area contributed by atoms with Crippen LogP contribution >= 0.6 is 0 Å². The first-order chi connectivity index (χ1) is 6.77. The van der Waals surface area contributed by atoms with Crippen molar-refractivity contribution in [1.82, 2.24) is 5.32 Å². The summed E-state index contributed by atoms with van der Waals surface area (Å²) in [6.45, 7) is 4.46. The van der Waals surface area contributed by atoms with E-state index in [1.807, 2.05) is 0 Å². The minimum Gasteiger partial charge on any atom is -0.310 e. The Morgan fingerprint density at radius 2 is 2.29 bits per heavy atom. The molecular weight excluding hydrogens is 172 g/mol. The zero-order valence-corrected chi connectivity index (χ0v) is 9.42. The number of hydrogen-bond donors (Lipinski definition) is 1. The number of unbranched alkanes of at least 4 members (excludes halogenated alkanes) is 1. The van der Waals surface area contributed by atoms with Gasteiger partial charge in [-0.05, 0) is 26.2 Å². The van der Waals surface area contributed by atoms with Crippen LogP contribution in [0, 0.1) is 17.2 Å². The van der Waals surface area contributed by atoms with E-state index in [1.54, 1.807) is 0 Å². The van der Waals surface area contributed by atoms with E-state index in [4.69, 9.17) is 5.26 Å². The van der Waals surface area contributed by atoms with Crippen molar-refractivity contribution in [1.29, 1.82) is 5.26 Å². The van der Waals surface area contributed by atoms with Crippen LogP contribution in [0.5, 0.6) is 0 Å². The molecule has 0 aliphatic heterocycles. The fourth-order valence-electron chi connectivity index (χ4n) is 2.27. The Morgan fingerprint density at radius 1 is 1.50 bits per heavy atom. The number of nitriles is 1. The highest BCUT2D eigenvalue weighted by Gasteiger charge is 2.27. The molecule has 0 saturated heterocycles. The van der Waals surface area contributed by atoms with E-state index in [0.29, 0.717) is 12.1 Å². The predicted molar refractivity (Wildman–Crippen MR) is 58.9 cm³/mol. The standard InChI is InChI=1S/C12H22N2/c1-3-4-6-10(2)14-12-8-5-7-11(12)9-13/h10-12,14H,3-8H2,1-2H3. The van der Waals surface area contributed by atoms with Gasteiger partial charge in [-0.15, -0.1) is 0 Å². The van der Waals surface area contributed by atoms with Crippen LogP contribution in [0.3, 0.4) is 0 Å². The third-order valence-electron chi connectivity index (χ3n) is 3.17. The van der Waals surface area contributed by atoms with Crippen molar-refractivity contribution in [2.75, 3.05) is 0 Å². The Labute approximate surface area is 87.7 Å². The molecule has 80 valence electrons. The summed E-state index contributed by atoms with van der Waals surface area (Å²) in [4.78, 5) is 0. The minimum absolute atomic E-state index is 0.263. The maximum absolute atomic E-state index is 8.94. The van der Waals surface area contributed by atoms with Gasteiger partial charge in [-0.25, -0.2) is 0 Å². The van der Waals surface area contributed by atoms with Gasteiger partial charge in [0.15, 0.2) is 0 Å². The number of nitrogens with zero attached hydrogens (tertiary/aromatic N) is 1. The summed E-state index contributed by atoms with van der Waals surface area (Å²) in [5.74, 6) is 0.263. The Balaban J connectivity index is 2.25. The summed E-state index contributed by atoms with van der Waals surface area (Å²) in [6, 6.07) is 3.46. The molecule has 14 heavy (non-hydrogen) atoms. The van der Waals surface area contributed by atoms with Crippen LogP contribution in [0.2, 0.25) is 0 Å². The molecule has 1 aliphatic rings. The molecule has 0 heterocycles. The fourth-order valence-corrected chi connectivity index (χ4v) is 2.27.